The molecule has 0 saturated carbocycles. The van der Waals surface area contributed by atoms with Crippen LogP contribution in [0.25, 0.3) is 0 Å². The van der Waals surface area contributed by atoms with Crippen LogP contribution in [0.2, 0.25) is 0 Å². The van der Waals surface area contributed by atoms with Gasteiger partial charge >= 0.3 is 0 Å². The molecule has 3 heteroatoms. The summed E-state index contributed by atoms with van der Waals surface area (Å²) in [5.41, 5.74) is 3.15. The quantitative estimate of drug-likeness (QED) is 0.792. The Labute approximate surface area is 114 Å². The van der Waals surface area contributed by atoms with Crippen molar-refractivity contribution < 1.29 is 4.79 Å². The van der Waals surface area contributed by atoms with E-state index in [0.29, 0.717) is 0 Å². The number of nitrogens with one attached hydrogen (secondary N) is 1. The molecule has 1 aromatic rings. The summed E-state index contributed by atoms with van der Waals surface area (Å²) in [4.78, 5) is 14.2. The van der Waals surface area contributed by atoms with Crippen molar-refractivity contribution in [3.63, 3.8) is 0 Å². The molecule has 0 aromatic heterocycles. The molecule has 1 heterocycles. The van der Waals surface area contributed by atoms with Crippen LogP contribution in [-0.2, 0) is 4.79 Å². The van der Waals surface area contributed by atoms with Crippen LogP contribution < -0.4 is 10.2 Å². The van der Waals surface area contributed by atoms with E-state index in [4.69, 9.17) is 0 Å². The second-order valence-corrected chi connectivity index (χ2v) is 4.67. The van der Waals surface area contributed by atoms with E-state index < -0.39 is 0 Å². The van der Waals surface area contributed by atoms with E-state index in [1.54, 1.807) is 0 Å². The molecular weight excluding hydrogens is 236 g/mol. The highest BCUT2D eigenvalue weighted by molar-refractivity contribution is 6.05. The molecule has 1 unspecified atom stereocenters. The lowest BCUT2D eigenvalue weighted by Crippen LogP contribution is -2.24. The second-order valence-electron chi connectivity index (χ2n) is 4.67. The third-order valence-corrected chi connectivity index (χ3v) is 3.45. The van der Waals surface area contributed by atoms with E-state index in [0.717, 1.165) is 36.4 Å². The number of amides is 1. The van der Waals surface area contributed by atoms with Crippen LogP contribution in [0.1, 0.15) is 24.8 Å². The first-order chi connectivity index (χ1) is 9.22. The van der Waals surface area contributed by atoms with Gasteiger partial charge in [-0.25, -0.2) is 0 Å². The van der Waals surface area contributed by atoms with Crippen molar-refractivity contribution in [3.8, 4) is 0 Å². The predicted octanol–water partition coefficient (Wildman–Crippen LogP) is 3.31. The van der Waals surface area contributed by atoms with Gasteiger partial charge in [0.15, 0.2) is 0 Å². The minimum absolute atomic E-state index is 0.0525. The van der Waals surface area contributed by atoms with Crippen LogP contribution >= 0.6 is 0 Å². The van der Waals surface area contributed by atoms with Gasteiger partial charge in [-0.1, -0.05) is 25.1 Å². The fraction of sp³-hybridized carbons (Fsp3) is 0.312. The molecule has 0 spiro atoms. The van der Waals surface area contributed by atoms with Crippen LogP contribution in [0.15, 0.2) is 43.5 Å². The number of carbonyl (C=O) groups is 1. The Kier molecular flexibility index (Phi) is 4.05. The number of carbonyl (C=O) groups excluding carboxylic acids is 1. The van der Waals surface area contributed by atoms with Crippen molar-refractivity contribution in [1.29, 1.82) is 0 Å². The van der Waals surface area contributed by atoms with Crippen molar-refractivity contribution in [2.75, 3.05) is 23.3 Å². The molecule has 0 aliphatic carbocycles. The van der Waals surface area contributed by atoms with Crippen molar-refractivity contribution in [3.05, 3.63) is 49.1 Å². The van der Waals surface area contributed by atoms with Crippen molar-refractivity contribution in [2.24, 2.45) is 0 Å². The van der Waals surface area contributed by atoms with E-state index >= 15 is 0 Å². The minimum atomic E-state index is -0.0525. The number of fused-ring (bicyclic) bond motifs is 1. The van der Waals surface area contributed by atoms with Gasteiger partial charge in [0.25, 0.3) is 0 Å². The van der Waals surface area contributed by atoms with Crippen molar-refractivity contribution in [2.45, 2.75) is 19.3 Å². The largest absolute Gasteiger partial charge is 0.364 e. The molecule has 1 aromatic carbocycles. The number of nitrogens with zero attached hydrogens (tertiary/aromatic N) is 1. The van der Waals surface area contributed by atoms with Crippen LogP contribution in [0.3, 0.4) is 0 Å². The van der Waals surface area contributed by atoms with Crippen LogP contribution in [0.5, 0.6) is 0 Å². The maximum Gasteiger partial charge on any atom is 0.232 e. The number of anilines is 2. The van der Waals surface area contributed by atoms with Gasteiger partial charge in [0.1, 0.15) is 0 Å². The molecule has 3 nitrogen and oxygen atoms in total. The number of rotatable bonds is 6. The van der Waals surface area contributed by atoms with E-state index in [9.17, 15) is 4.79 Å². The maximum absolute atomic E-state index is 12.0. The first-order valence-electron chi connectivity index (χ1n) is 6.63. The third-order valence-electron chi connectivity index (χ3n) is 3.45. The van der Waals surface area contributed by atoms with Crippen molar-refractivity contribution >= 4 is 17.3 Å². The van der Waals surface area contributed by atoms with E-state index in [-0.39, 0.29) is 11.8 Å². The summed E-state index contributed by atoms with van der Waals surface area (Å²) >= 11 is 0. The molecule has 1 aliphatic rings. The number of hydrogen-bond acceptors (Lipinski definition) is 2. The standard InChI is InChI=1S/C16H20N2O/c1-4-10-18(11-5-2)14-9-7-8-13-15(14)12(6-3)16(19)17-13/h4-5,7-9,12H,1-2,6,10-11H2,3H3,(H,17,19). The highest BCUT2D eigenvalue weighted by Crippen LogP contribution is 2.41. The lowest BCUT2D eigenvalue weighted by atomic mass is 9.95. The van der Waals surface area contributed by atoms with Crippen LogP contribution in [0, 0.1) is 0 Å². The predicted molar refractivity (Wildman–Crippen MR) is 80.7 cm³/mol. The zero-order chi connectivity index (χ0) is 13.8. The summed E-state index contributed by atoms with van der Waals surface area (Å²) in [6.45, 7) is 11.1. The van der Waals surface area contributed by atoms with Gasteiger partial charge in [-0.05, 0) is 18.6 Å². The molecule has 19 heavy (non-hydrogen) atoms. The molecule has 2 rings (SSSR count). The molecule has 0 fully saturated rings. The Balaban J connectivity index is 2.47. The number of hydrogen-bond donors (Lipinski definition) is 1. The summed E-state index contributed by atoms with van der Waals surface area (Å²) in [6, 6.07) is 6.01. The molecule has 1 aliphatic heterocycles. The molecule has 1 atom stereocenters. The van der Waals surface area contributed by atoms with Gasteiger partial charge in [0.2, 0.25) is 5.91 Å². The first-order valence-corrected chi connectivity index (χ1v) is 6.63. The summed E-state index contributed by atoms with van der Waals surface area (Å²) in [6.07, 6.45) is 4.55. The zero-order valence-electron chi connectivity index (χ0n) is 11.4. The van der Waals surface area contributed by atoms with Crippen LogP contribution in [-0.4, -0.2) is 19.0 Å². The van der Waals surface area contributed by atoms with Gasteiger partial charge in [-0.15, -0.1) is 13.2 Å². The Morgan fingerprint density at radius 1 is 1.32 bits per heavy atom. The molecule has 1 N–H and O–H groups in total. The zero-order valence-corrected chi connectivity index (χ0v) is 11.4. The normalized spacial score (nSPS) is 16.7. The topological polar surface area (TPSA) is 32.3 Å². The van der Waals surface area contributed by atoms with Crippen LogP contribution in [0.4, 0.5) is 11.4 Å². The average Bonchev–Trinajstić information content (AvgIpc) is 2.73. The molecule has 0 saturated heterocycles. The second kappa shape index (κ2) is 5.74. The Morgan fingerprint density at radius 3 is 2.58 bits per heavy atom. The lowest BCUT2D eigenvalue weighted by molar-refractivity contribution is -0.117. The van der Waals surface area contributed by atoms with Gasteiger partial charge in [0.05, 0.1) is 5.92 Å². The van der Waals surface area contributed by atoms with E-state index in [2.05, 4.69) is 29.4 Å². The monoisotopic (exact) mass is 256 g/mol. The lowest BCUT2D eigenvalue weighted by Gasteiger charge is -2.25. The molecule has 100 valence electrons. The summed E-state index contributed by atoms with van der Waals surface area (Å²) in [5, 5.41) is 2.96. The molecular formula is C16H20N2O. The Bertz CT molecular complexity index is 497. The Morgan fingerprint density at radius 2 is 2.00 bits per heavy atom. The molecule has 0 bridgehead atoms. The summed E-state index contributed by atoms with van der Waals surface area (Å²) in [5.74, 6) is 0.0467. The molecule has 1 amide bonds. The molecule has 0 radical (unpaired) electrons. The third kappa shape index (κ3) is 2.41. The first kappa shape index (κ1) is 13.4. The minimum Gasteiger partial charge on any atom is -0.364 e. The van der Waals surface area contributed by atoms with Gasteiger partial charge in [-0.2, -0.15) is 0 Å². The maximum atomic E-state index is 12.0. The summed E-state index contributed by atoms with van der Waals surface area (Å²) in [7, 11) is 0. The van der Waals surface area contributed by atoms with Crippen molar-refractivity contribution in [1.82, 2.24) is 0 Å². The van der Waals surface area contributed by atoms with Gasteiger partial charge in [-0.3, -0.25) is 4.79 Å². The Hall–Kier alpha value is -2.03. The highest BCUT2D eigenvalue weighted by Gasteiger charge is 2.32. The van der Waals surface area contributed by atoms with E-state index in [1.807, 2.05) is 31.2 Å². The smallest absolute Gasteiger partial charge is 0.232 e. The SMILES string of the molecule is C=CCN(CC=C)c1cccc2c1C(CC)C(=O)N2. The van der Waals surface area contributed by atoms with Gasteiger partial charge < -0.3 is 10.2 Å². The fourth-order valence-electron chi connectivity index (χ4n) is 2.63. The summed E-state index contributed by atoms with van der Waals surface area (Å²) < 4.78 is 0. The fourth-order valence-corrected chi connectivity index (χ4v) is 2.63. The number of benzene rings is 1. The average molecular weight is 256 g/mol. The van der Waals surface area contributed by atoms with E-state index in [1.165, 1.54) is 0 Å². The van der Waals surface area contributed by atoms with Gasteiger partial charge in [0, 0.05) is 30.0 Å². The highest BCUT2D eigenvalue weighted by atomic mass is 16.2.